The van der Waals surface area contributed by atoms with Crippen molar-refractivity contribution in [2.45, 2.75) is 26.4 Å². The van der Waals surface area contributed by atoms with Gasteiger partial charge in [0.15, 0.2) is 0 Å². The van der Waals surface area contributed by atoms with Gasteiger partial charge in [0.2, 0.25) is 0 Å². The Hall–Kier alpha value is -1.36. The Morgan fingerprint density at radius 3 is 2.80 bits per heavy atom. The van der Waals surface area contributed by atoms with Crippen molar-refractivity contribution in [1.29, 1.82) is 0 Å². The van der Waals surface area contributed by atoms with Crippen LogP contribution in [0, 0.1) is 5.92 Å². The van der Waals surface area contributed by atoms with E-state index in [0.29, 0.717) is 6.54 Å². The van der Waals surface area contributed by atoms with Crippen molar-refractivity contribution < 1.29 is 9.90 Å². The first-order valence-electron chi connectivity index (χ1n) is 4.95. The van der Waals surface area contributed by atoms with E-state index in [1.54, 1.807) is 11.6 Å². The van der Waals surface area contributed by atoms with Gasteiger partial charge in [-0.25, -0.2) is 0 Å². The van der Waals surface area contributed by atoms with Gasteiger partial charge >= 0.3 is 5.97 Å². The van der Waals surface area contributed by atoms with Gasteiger partial charge in [0.25, 0.3) is 0 Å². The summed E-state index contributed by atoms with van der Waals surface area (Å²) < 4.78 is 1.72. The normalized spacial score (nSPS) is 14.9. The summed E-state index contributed by atoms with van der Waals surface area (Å²) in [6.45, 7) is 4.15. The van der Waals surface area contributed by atoms with E-state index in [2.05, 4.69) is 10.4 Å². The molecule has 1 heterocycles. The third kappa shape index (κ3) is 3.36. The van der Waals surface area contributed by atoms with Crippen LogP contribution in [0.4, 0.5) is 0 Å². The fourth-order valence-corrected chi connectivity index (χ4v) is 1.21. The second kappa shape index (κ2) is 4.93. The lowest BCUT2D eigenvalue weighted by molar-refractivity contribution is -0.141. The van der Waals surface area contributed by atoms with Gasteiger partial charge in [-0.3, -0.25) is 9.48 Å². The highest BCUT2D eigenvalue weighted by atomic mass is 16.4. The lowest BCUT2D eigenvalue weighted by Crippen LogP contribution is -2.35. The molecule has 0 bridgehead atoms. The minimum Gasteiger partial charge on any atom is -0.481 e. The topological polar surface area (TPSA) is 67.2 Å². The third-order valence-electron chi connectivity index (χ3n) is 2.51. The standard InChI is InChI=1S/C10H17N3O2/c1-7(10(14)15)8(2)11-6-9-4-5-13(3)12-9/h4-5,7-8,11H,6H2,1-3H3,(H,14,15). The highest BCUT2D eigenvalue weighted by molar-refractivity contribution is 5.70. The molecule has 0 radical (unpaired) electrons. The Bertz CT molecular complexity index is 335. The molecule has 1 aromatic heterocycles. The van der Waals surface area contributed by atoms with E-state index >= 15 is 0 Å². The molecule has 0 spiro atoms. The third-order valence-corrected chi connectivity index (χ3v) is 2.51. The second-order valence-corrected chi connectivity index (χ2v) is 3.78. The van der Waals surface area contributed by atoms with Crippen molar-refractivity contribution >= 4 is 5.97 Å². The zero-order chi connectivity index (χ0) is 11.4. The lowest BCUT2D eigenvalue weighted by atomic mass is 10.0. The van der Waals surface area contributed by atoms with Crippen LogP contribution >= 0.6 is 0 Å². The average molecular weight is 211 g/mol. The fraction of sp³-hybridized carbons (Fsp3) is 0.600. The molecule has 0 amide bonds. The average Bonchev–Trinajstić information content (AvgIpc) is 2.59. The largest absolute Gasteiger partial charge is 0.481 e. The van der Waals surface area contributed by atoms with Crippen LogP contribution in [-0.4, -0.2) is 26.9 Å². The van der Waals surface area contributed by atoms with Gasteiger partial charge in [-0.05, 0) is 13.0 Å². The van der Waals surface area contributed by atoms with Crippen LogP contribution in [-0.2, 0) is 18.4 Å². The summed E-state index contributed by atoms with van der Waals surface area (Å²) in [5.74, 6) is -1.18. The molecule has 0 saturated heterocycles. The maximum Gasteiger partial charge on any atom is 0.307 e. The number of aryl methyl sites for hydroxylation is 1. The summed E-state index contributed by atoms with van der Waals surface area (Å²) in [5.41, 5.74) is 0.918. The molecule has 1 aromatic rings. The minimum absolute atomic E-state index is 0.0653. The Balaban J connectivity index is 2.40. The number of carboxylic acids is 1. The highest BCUT2D eigenvalue weighted by Gasteiger charge is 2.18. The van der Waals surface area contributed by atoms with Gasteiger partial charge in [-0.1, -0.05) is 6.92 Å². The summed E-state index contributed by atoms with van der Waals surface area (Å²) in [6.07, 6.45) is 1.86. The molecule has 5 nitrogen and oxygen atoms in total. The van der Waals surface area contributed by atoms with E-state index < -0.39 is 11.9 Å². The molecule has 1 rings (SSSR count). The van der Waals surface area contributed by atoms with Crippen molar-refractivity contribution in [3.8, 4) is 0 Å². The fourth-order valence-electron chi connectivity index (χ4n) is 1.21. The van der Waals surface area contributed by atoms with E-state index in [4.69, 9.17) is 5.11 Å². The van der Waals surface area contributed by atoms with Gasteiger partial charge in [-0.15, -0.1) is 0 Å². The van der Waals surface area contributed by atoms with Crippen LogP contribution in [0.25, 0.3) is 0 Å². The molecule has 5 heteroatoms. The van der Waals surface area contributed by atoms with Crippen molar-refractivity contribution in [2.24, 2.45) is 13.0 Å². The molecule has 0 aromatic carbocycles. The molecule has 0 aliphatic carbocycles. The van der Waals surface area contributed by atoms with Gasteiger partial charge in [0.05, 0.1) is 11.6 Å². The second-order valence-electron chi connectivity index (χ2n) is 3.78. The molecular formula is C10H17N3O2. The highest BCUT2D eigenvalue weighted by Crippen LogP contribution is 2.03. The summed E-state index contributed by atoms with van der Waals surface area (Å²) in [4.78, 5) is 10.7. The number of rotatable bonds is 5. The number of aliphatic carboxylic acids is 1. The molecule has 2 atom stereocenters. The monoisotopic (exact) mass is 211 g/mol. The summed E-state index contributed by atoms with van der Waals surface area (Å²) >= 11 is 0. The predicted molar refractivity (Wildman–Crippen MR) is 56.3 cm³/mol. The Kier molecular flexibility index (Phi) is 3.85. The van der Waals surface area contributed by atoms with Crippen molar-refractivity contribution in [1.82, 2.24) is 15.1 Å². The van der Waals surface area contributed by atoms with Crippen molar-refractivity contribution in [3.05, 3.63) is 18.0 Å². The Morgan fingerprint density at radius 1 is 1.67 bits per heavy atom. The Morgan fingerprint density at radius 2 is 2.33 bits per heavy atom. The van der Waals surface area contributed by atoms with Crippen molar-refractivity contribution in [3.63, 3.8) is 0 Å². The number of nitrogens with one attached hydrogen (secondary N) is 1. The first-order chi connectivity index (χ1) is 7.00. The summed E-state index contributed by atoms with van der Waals surface area (Å²) in [7, 11) is 1.85. The predicted octanol–water partition coefficient (Wildman–Crippen LogP) is 0.619. The molecule has 0 aliphatic rings. The van der Waals surface area contributed by atoms with E-state index in [0.717, 1.165) is 5.69 Å². The molecule has 2 unspecified atom stereocenters. The lowest BCUT2D eigenvalue weighted by Gasteiger charge is -2.16. The SMILES string of the molecule is CC(NCc1ccn(C)n1)C(C)C(=O)O. The molecule has 0 fully saturated rings. The molecular weight excluding hydrogens is 194 g/mol. The number of carbonyl (C=O) groups is 1. The van der Waals surface area contributed by atoms with Crippen LogP contribution < -0.4 is 5.32 Å². The number of nitrogens with zero attached hydrogens (tertiary/aromatic N) is 2. The van der Waals surface area contributed by atoms with Crippen LogP contribution in [0.5, 0.6) is 0 Å². The maximum atomic E-state index is 10.7. The summed E-state index contributed by atoms with van der Waals surface area (Å²) in [6, 6.07) is 1.84. The maximum absolute atomic E-state index is 10.7. The van der Waals surface area contributed by atoms with E-state index in [1.165, 1.54) is 0 Å². The molecule has 84 valence electrons. The van der Waals surface area contributed by atoms with Crippen LogP contribution in [0.3, 0.4) is 0 Å². The zero-order valence-electron chi connectivity index (χ0n) is 9.27. The van der Waals surface area contributed by atoms with Crippen LogP contribution in [0.1, 0.15) is 19.5 Å². The zero-order valence-corrected chi connectivity index (χ0v) is 9.27. The van der Waals surface area contributed by atoms with Gasteiger partial charge < -0.3 is 10.4 Å². The molecule has 2 N–H and O–H groups in total. The molecule has 15 heavy (non-hydrogen) atoms. The molecule has 0 aliphatic heterocycles. The van der Waals surface area contributed by atoms with E-state index in [-0.39, 0.29) is 6.04 Å². The number of aromatic nitrogens is 2. The Labute approximate surface area is 89.1 Å². The molecule has 0 saturated carbocycles. The first-order valence-corrected chi connectivity index (χ1v) is 4.95. The quantitative estimate of drug-likeness (QED) is 0.749. The summed E-state index contributed by atoms with van der Waals surface area (Å²) in [5, 5.41) is 16.1. The van der Waals surface area contributed by atoms with E-state index in [9.17, 15) is 4.79 Å². The van der Waals surface area contributed by atoms with Crippen molar-refractivity contribution in [2.75, 3.05) is 0 Å². The van der Waals surface area contributed by atoms with E-state index in [1.807, 2.05) is 26.2 Å². The van der Waals surface area contributed by atoms with Gasteiger partial charge in [0, 0.05) is 25.8 Å². The van der Waals surface area contributed by atoms with Crippen LogP contribution in [0.15, 0.2) is 12.3 Å². The number of hydrogen-bond acceptors (Lipinski definition) is 3. The van der Waals surface area contributed by atoms with Gasteiger partial charge in [-0.2, -0.15) is 5.10 Å². The minimum atomic E-state index is -0.781. The number of carboxylic acid groups (broad SMARTS) is 1. The smallest absolute Gasteiger partial charge is 0.307 e. The first kappa shape index (κ1) is 11.7. The van der Waals surface area contributed by atoms with Crippen LogP contribution in [0.2, 0.25) is 0 Å². The van der Waals surface area contributed by atoms with Gasteiger partial charge in [0.1, 0.15) is 0 Å². The number of hydrogen-bond donors (Lipinski definition) is 2.